The fourth-order valence-corrected chi connectivity index (χ4v) is 4.78. The van der Waals surface area contributed by atoms with E-state index in [2.05, 4.69) is 5.10 Å². The Hall–Kier alpha value is -2.80. The van der Waals surface area contributed by atoms with E-state index in [0.29, 0.717) is 17.0 Å². The lowest BCUT2D eigenvalue weighted by Crippen LogP contribution is -2.66. The summed E-state index contributed by atoms with van der Waals surface area (Å²) < 4.78 is 11.4. The van der Waals surface area contributed by atoms with Crippen LogP contribution in [-0.4, -0.2) is 33.9 Å². The van der Waals surface area contributed by atoms with Crippen LogP contribution in [0.25, 0.3) is 0 Å². The second-order valence-electron chi connectivity index (χ2n) is 6.96. The van der Waals surface area contributed by atoms with Gasteiger partial charge in [0.25, 0.3) is 0 Å². The molecule has 28 heavy (non-hydrogen) atoms. The van der Waals surface area contributed by atoms with Crippen molar-refractivity contribution in [3.63, 3.8) is 0 Å². The molecule has 2 aliphatic heterocycles. The number of anilines is 1. The molecule has 0 aromatic heterocycles. The number of benzene rings is 2. The number of nitrogens with zero attached hydrogens (tertiary/aromatic N) is 2. The molecule has 0 saturated heterocycles. The highest BCUT2D eigenvalue weighted by molar-refractivity contribution is 8.17. The number of hydrazone groups is 1. The highest BCUT2D eigenvalue weighted by Crippen LogP contribution is 2.54. The zero-order valence-corrected chi connectivity index (χ0v) is 16.7. The van der Waals surface area contributed by atoms with Gasteiger partial charge in [0.05, 0.1) is 17.9 Å². The first-order chi connectivity index (χ1) is 13.4. The third-order valence-corrected chi connectivity index (χ3v) is 6.39. The summed E-state index contributed by atoms with van der Waals surface area (Å²) >= 11 is 1.09. The first kappa shape index (κ1) is 18.6. The van der Waals surface area contributed by atoms with Crippen molar-refractivity contribution >= 4 is 34.2 Å². The van der Waals surface area contributed by atoms with Crippen LogP contribution in [0.4, 0.5) is 5.69 Å². The smallest absolute Gasteiger partial charge is 0.365 e. The van der Waals surface area contributed by atoms with Crippen LogP contribution >= 0.6 is 11.8 Å². The number of thioether (sulfide) groups is 1. The molecule has 0 radical (unpaired) electrons. The van der Waals surface area contributed by atoms with Crippen LogP contribution in [0.5, 0.6) is 5.75 Å². The molecule has 2 aromatic rings. The molecule has 0 bridgehead atoms. The Kier molecular flexibility index (Phi) is 4.42. The van der Waals surface area contributed by atoms with Crippen molar-refractivity contribution in [2.45, 2.75) is 31.2 Å². The fourth-order valence-electron chi connectivity index (χ4n) is 3.51. The van der Waals surface area contributed by atoms with E-state index in [0.717, 1.165) is 11.8 Å². The van der Waals surface area contributed by atoms with Gasteiger partial charge in [-0.2, -0.15) is 5.10 Å². The zero-order valence-electron chi connectivity index (χ0n) is 15.8. The second-order valence-corrected chi connectivity index (χ2v) is 8.14. The van der Waals surface area contributed by atoms with Crippen LogP contribution in [0.15, 0.2) is 59.7 Å². The predicted molar refractivity (Wildman–Crippen MR) is 109 cm³/mol. The Bertz CT molecular complexity index is 973. The number of ketones is 1. The van der Waals surface area contributed by atoms with Crippen LogP contribution in [0.2, 0.25) is 0 Å². The summed E-state index contributed by atoms with van der Waals surface area (Å²) in [7, 11) is 0. The van der Waals surface area contributed by atoms with Gasteiger partial charge in [-0.1, -0.05) is 42.1 Å². The molecule has 1 atom stereocenters. The van der Waals surface area contributed by atoms with E-state index >= 15 is 0 Å². The molecule has 6 nitrogen and oxygen atoms in total. The Balaban J connectivity index is 1.90. The average Bonchev–Trinajstić information content (AvgIpc) is 3.10. The predicted octanol–water partition coefficient (Wildman–Crippen LogP) is 3.87. The van der Waals surface area contributed by atoms with Gasteiger partial charge in [0, 0.05) is 0 Å². The molecule has 0 aliphatic carbocycles. The van der Waals surface area contributed by atoms with Crippen LogP contribution in [0, 0.1) is 0 Å². The van der Waals surface area contributed by atoms with Gasteiger partial charge in [-0.25, -0.2) is 9.80 Å². The second kappa shape index (κ2) is 6.67. The van der Waals surface area contributed by atoms with Gasteiger partial charge in [-0.05, 0) is 45.0 Å². The minimum Gasteiger partial charge on any atom is -0.483 e. The van der Waals surface area contributed by atoms with Crippen molar-refractivity contribution in [3.05, 3.63) is 60.2 Å². The number of esters is 1. The summed E-state index contributed by atoms with van der Waals surface area (Å²) in [6.45, 7) is 5.64. The molecule has 144 valence electrons. The number of carbonyl (C=O) groups is 2. The molecule has 0 amide bonds. The monoisotopic (exact) mass is 396 g/mol. The van der Waals surface area contributed by atoms with Crippen molar-refractivity contribution in [2.24, 2.45) is 5.10 Å². The number of para-hydroxylation sites is 2. The largest absolute Gasteiger partial charge is 0.483 e. The summed E-state index contributed by atoms with van der Waals surface area (Å²) in [6, 6.07) is 16.5. The third kappa shape index (κ3) is 2.61. The van der Waals surface area contributed by atoms with Gasteiger partial charge in [-0.15, -0.1) is 0 Å². The third-order valence-electron chi connectivity index (χ3n) is 4.80. The van der Waals surface area contributed by atoms with Gasteiger partial charge < -0.3 is 9.47 Å². The number of ether oxygens (including phenoxy) is 2. The van der Waals surface area contributed by atoms with Crippen molar-refractivity contribution < 1.29 is 19.1 Å². The summed E-state index contributed by atoms with van der Waals surface area (Å²) in [5.74, 6) is -0.176. The van der Waals surface area contributed by atoms with E-state index in [4.69, 9.17) is 9.47 Å². The lowest BCUT2D eigenvalue weighted by atomic mass is 9.85. The maximum Gasteiger partial charge on any atom is 0.365 e. The van der Waals surface area contributed by atoms with Gasteiger partial charge >= 0.3 is 5.97 Å². The SMILES string of the molecule is CCOC(=O)C1=NN(c2ccccc2)[C@@]2(S1)C(=O)c1ccccc1OC2(C)C. The number of hydrogen-bond acceptors (Lipinski definition) is 7. The van der Waals surface area contributed by atoms with Crippen LogP contribution in [0.1, 0.15) is 31.1 Å². The van der Waals surface area contributed by atoms with Gasteiger partial charge in [0.15, 0.2) is 0 Å². The van der Waals surface area contributed by atoms with E-state index in [9.17, 15) is 9.59 Å². The summed E-state index contributed by atoms with van der Waals surface area (Å²) in [5, 5.41) is 6.24. The number of carbonyl (C=O) groups excluding carboxylic acids is 2. The summed E-state index contributed by atoms with van der Waals surface area (Å²) in [5.41, 5.74) is 0.186. The van der Waals surface area contributed by atoms with Crippen molar-refractivity contribution in [1.29, 1.82) is 0 Å². The van der Waals surface area contributed by atoms with E-state index < -0.39 is 16.4 Å². The molecular formula is C21H20N2O4S. The first-order valence-corrected chi connectivity index (χ1v) is 9.85. The lowest BCUT2D eigenvalue weighted by molar-refractivity contribution is -0.134. The number of rotatable bonds is 3. The van der Waals surface area contributed by atoms with Crippen LogP contribution in [-0.2, 0) is 9.53 Å². The van der Waals surface area contributed by atoms with Gasteiger partial charge in [0.1, 0.15) is 11.4 Å². The number of fused-ring (bicyclic) bond motifs is 1. The topological polar surface area (TPSA) is 68.2 Å². The highest BCUT2D eigenvalue weighted by Gasteiger charge is 2.65. The number of hydrogen-bond donors (Lipinski definition) is 0. The Morgan fingerprint density at radius 2 is 1.82 bits per heavy atom. The van der Waals surface area contributed by atoms with Crippen LogP contribution < -0.4 is 9.75 Å². The normalized spacial score (nSPS) is 22.5. The minimum absolute atomic E-state index is 0.134. The average molecular weight is 396 g/mol. The summed E-state index contributed by atoms with van der Waals surface area (Å²) in [4.78, 5) is 25.0. The van der Waals surface area contributed by atoms with E-state index in [1.807, 2.05) is 50.2 Å². The molecule has 0 N–H and O–H groups in total. The molecule has 0 saturated carbocycles. The Morgan fingerprint density at radius 3 is 2.54 bits per heavy atom. The van der Waals surface area contributed by atoms with Crippen molar-refractivity contribution in [3.8, 4) is 5.75 Å². The molecule has 0 fully saturated rings. The van der Waals surface area contributed by atoms with Gasteiger partial charge in [-0.3, -0.25) is 4.79 Å². The fraction of sp³-hybridized carbons (Fsp3) is 0.286. The van der Waals surface area contributed by atoms with Crippen LogP contribution in [0.3, 0.4) is 0 Å². The zero-order chi connectivity index (χ0) is 19.9. The maximum atomic E-state index is 13.8. The molecular weight excluding hydrogens is 376 g/mol. The lowest BCUT2D eigenvalue weighted by Gasteiger charge is -2.49. The summed E-state index contributed by atoms with van der Waals surface area (Å²) in [6.07, 6.45) is 0. The molecule has 7 heteroatoms. The minimum atomic E-state index is -1.27. The first-order valence-electron chi connectivity index (χ1n) is 9.03. The van der Waals surface area contributed by atoms with E-state index in [1.165, 1.54) is 0 Å². The number of Topliss-reactive ketones (excluding diaryl/α,β-unsaturated/α-hetero) is 1. The molecule has 4 rings (SSSR count). The van der Waals surface area contributed by atoms with E-state index in [-0.39, 0.29) is 17.4 Å². The molecule has 1 spiro atoms. The standard InChI is InChI=1S/C21H20N2O4S/c1-4-26-19(25)18-22-23(14-10-6-5-7-11-14)21(28-18)17(24)15-12-8-9-13-16(15)27-20(21,2)3/h5-13H,4H2,1-3H3/t21-/m1/s1. The Labute approximate surface area is 167 Å². The highest BCUT2D eigenvalue weighted by atomic mass is 32.2. The molecule has 0 unspecified atom stereocenters. The van der Waals surface area contributed by atoms with Crippen molar-refractivity contribution in [1.82, 2.24) is 0 Å². The maximum absolute atomic E-state index is 13.8. The van der Waals surface area contributed by atoms with E-state index in [1.54, 1.807) is 30.1 Å². The van der Waals surface area contributed by atoms with Crippen molar-refractivity contribution in [2.75, 3.05) is 11.6 Å². The van der Waals surface area contributed by atoms with Gasteiger partial charge in [0.2, 0.25) is 15.7 Å². The molecule has 2 heterocycles. The quantitative estimate of drug-likeness (QED) is 0.734. The molecule has 2 aliphatic rings. The Morgan fingerprint density at radius 1 is 1.14 bits per heavy atom. The molecule has 2 aromatic carbocycles.